The smallest absolute Gasteiger partial charge is 0.237 e. The molecule has 3 heteroatoms. The van der Waals surface area contributed by atoms with Crippen LogP contribution in [0.4, 0.5) is 0 Å². The molecule has 1 N–H and O–H groups in total. The Morgan fingerprint density at radius 2 is 1.93 bits per heavy atom. The third-order valence-electron chi connectivity index (χ3n) is 2.24. The number of carbonyl (C=O) groups excluding carboxylic acids is 1. The Bertz CT molecular complexity index is 159. The summed E-state index contributed by atoms with van der Waals surface area (Å²) in [5, 5.41) is 2.46. The Hall–Kier alpha value is -0.240. The van der Waals surface area contributed by atoms with E-state index in [-0.39, 0.29) is 11.9 Å². The van der Waals surface area contributed by atoms with Gasteiger partial charge in [0.1, 0.15) is 5.38 Å². The summed E-state index contributed by atoms with van der Waals surface area (Å²) in [6.07, 6.45) is 6.03. The lowest BCUT2D eigenvalue weighted by atomic mass is 10.1. The van der Waals surface area contributed by atoms with Crippen LogP contribution in [0.25, 0.3) is 0 Å². The highest BCUT2D eigenvalue weighted by Gasteiger charge is 2.11. The summed E-state index contributed by atoms with van der Waals surface area (Å²) >= 11 is 5.64. The van der Waals surface area contributed by atoms with Gasteiger partial charge in [-0.2, -0.15) is 0 Å². The number of alkyl halides is 1. The van der Waals surface area contributed by atoms with Gasteiger partial charge in [0.05, 0.1) is 0 Å². The van der Waals surface area contributed by atoms with Crippen molar-refractivity contribution in [2.24, 2.45) is 0 Å². The van der Waals surface area contributed by atoms with Crippen molar-refractivity contribution in [2.75, 3.05) is 0 Å². The maximum Gasteiger partial charge on any atom is 0.237 e. The Labute approximate surface area is 92.4 Å². The van der Waals surface area contributed by atoms with Crippen LogP contribution in [0, 0.1) is 0 Å². The van der Waals surface area contributed by atoms with E-state index in [2.05, 4.69) is 12.2 Å². The lowest BCUT2D eigenvalue weighted by Crippen LogP contribution is -2.36. The van der Waals surface area contributed by atoms with Crippen molar-refractivity contribution < 1.29 is 4.79 Å². The molecule has 0 fully saturated rings. The summed E-state index contributed by atoms with van der Waals surface area (Å²) in [6, 6.07) is 0.251. The van der Waals surface area contributed by atoms with E-state index in [4.69, 9.17) is 11.6 Å². The minimum atomic E-state index is -0.423. The van der Waals surface area contributed by atoms with Gasteiger partial charge in [-0.15, -0.1) is 11.6 Å². The summed E-state index contributed by atoms with van der Waals surface area (Å²) in [5.74, 6) is -0.0605. The molecule has 14 heavy (non-hydrogen) atoms. The second-order valence-corrected chi connectivity index (χ2v) is 4.53. The molecule has 0 aliphatic carbocycles. The summed E-state index contributed by atoms with van der Waals surface area (Å²) < 4.78 is 0. The molecule has 84 valence electrons. The van der Waals surface area contributed by atoms with Crippen LogP contribution in [-0.2, 0) is 4.79 Å². The number of unbranched alkanes of at least 4 members (excludes halogenated alkanes) is 3. The van der Waals surface area contributed by atoms with Gasteiger partial charge in [-0.05, 0) is 20.3 Å². The molecule has 2 nitrogen and oxygen atoms in total. The third-order valence-corrected chi connectivity index (χ3v) is 2.44. The van der Waals surface area contributed by atoms with Crippen LogP contribution in [0.2, 0.25) is 0 Å². The molecule has 0 radical (unpaired) electrons. The number of nitrogens with one attached hydrogen (secondary N) is 1. The molecule has 0 saturated heterocycles. The Balaban J connectivity index is 3.45. The topological polar surface area (TPSA) is 29.1 Å². The fourth-order valence-electron chi connectivity index (χ4n) is 1.31. The minimum absolute atomic E-state index is 0.0605. The molecule has 1 amide bonds. The van der Waals surface area contributed by atoms with Gasteiger partial charge in [0, 0.05) is 6.04 Å². The van der Waals surface area contributed by atoms with E-state index >= 15 is 0 Å². The van der Waals surface area contributed by atoms with Crippen molar-refractivity contribution in [3.63, 3.8) is 0 Å². The summed E-state index contributed by atoms with van der Waals surface area (Å²) in [6.45, 7) is 5.92. The van der Waals surface area contributed by atoms with E-state index in [1.165, 1.54) is 25.7 Å². The predicted molar refractivity (Wildman–Crippen MR) is 61.7 cm³/mol. The van der Waals surface area contributed by atoms with Gasteiger partial charge < -0.3 is 5.32 Å². The number of hydrogen-bond donors (Lipinski definition) is 1. The molecule has 0 aromatic rings. The van der Waals surface area contributed by atoms with Crippen LogP contribution < -0.4 is 5.32 Å². The fourth-order valence-corrected chi connectivity index (χ4v) is 1.37. The quantitative estimate of drug-likeness (QED) is 0.518. The maximum atomic E-state index is 11.2. The average molecular weight is 220 g/mol. The molecule has 0 saturated carbocycles. The van der Waals surface area contributed by atoms with E-state index < -0.39 is 5.38 Å². The van der Waals surface area contributed by atoms with E-state index in [0.717, 1.165) is 6.42 Å². The zero-order chi connectivity index (χ0) is 11.0. The van der Waals surface area contributed by atoms with Crippen LogP contribution in [0.15, 0.2) is 0 Å². The number of halogens is 1. The Morgan fingerprint density at radius 1 is 1.29 bits per heavy atom. The van der Waals surface area contributed by atoms with Crippen molar-refractivity contribution in [1.29, 1.82) is 0 Å². The van der Waals surface area contributed by atoms with Gasteiger partial charge in [0.25, 0.3) is 0 Å². The predicted octanol–water partition coefficient (Wildman–Crippen LogP) is 3.09. The molecule has 0 aliphatic heterocycles. The fraction of sp³-hybridized carbons (Fsp3) is 0.909. The first-order valence-corrected chi connectivity index (χ1v) is 5.96. The van der Waals surface area contributed by atoms with Gasteiger partial charge in [-0.1, -0.05) is 32.6 Å². The van der Waals surface area contributed by atoms with Gasteiger partial charge in [-0.25, -0.2) is 0 Å². The zero-order valence-electron chi connectivity index (χ0n) is 9.48. The Morgan fingerprint density at radius 3 is 2.43 bits per heavy atom. The average Bonchev–Trinajstić information content (AvgIpc) is 2.12. The van der Waals surface area contributed by atoms with E-state index in [0.29, 0.717) is 0 Å². The Kier molecular flexibility index (Phi) is 7.96. The molecule has 0 aromatic carbocycles. The monoisotopic (exact) mass is 219 g/mol. The lowest BCUT2D eigenvalue weighted by Gasteiger charge is -2.14. The molecule has 0 rings (SSSR count). The molecule has 0 spiro atoms. The first-order valence-electron chi connectivity index (χ1n) is 5.52. The van der Waals surface area contributed by atoms with Crippen LogP contribution >= 0.6 is 11.6 Å². The second kappa shape index (κ2) is 8.10. The summed E-state index contributed by atoms with van der Waals surface area (Å²) in [5.41, 5.74) is 0. The van der Waals surface area contributed by atoms with Gasteiger partial charge in [0.15, 0.2) is 0 Å². The van der Waals surface area contributed by atoms with Crippen molar-refractivity contribution in [2.45, 2.75) is 64.3 Å². The molecule has 0 unspecified atom stereocenters. The van der Waals surface area contributed by atoms with Gasteiger partial charge >= 0.3 is 0 Å². The normalized spacial score (nSPS) is 14.9. The molecular weight excluding hydrogens is 198 g/mol. The largest absolute Gasteiger partial charge is 0.352 e. The molecule has 0 aromatic heterocycles. The number of amides is 1. The minimum Gasteiger partial charge on any atom is -0.352 e. The van der Waals surface area contributed by atoms with Crippen LogP contribution in [-0.4, -0.2) is 17.3 Å². The number of hydrogen-bond acceptors (Lipinski definition) is 1. The molecule has 0 aliphatic rings. The summed E-state index contributed by atoms with van der Waals surface area (Å²) in [4.78, 5) is 11.2. The van der Waals surface area contributed by atoms with Crippen molar-refractivity contribution in [1.82, 2.24) is 5.32 Å². The molecule has 2 atom stereocenters. The standard InChI is InChI=1S/C11H22ClNO/c1-4-5-6-7-8-9(2)13-11(14)10(3)12/h9-10H,4-8H2,1-3H3,(H,13,14)/t9-,10+/m1/s1. The SMILES string of the molecule is CCCCCC[C@@H](C)NC(=O)[C@H](C)Cl. The second-order valence-electron chi connectivity index (χ2n) is 3.87. The van der Waals surface area contributed by atoms with Gasteiger partial charge in [-0.3, -0.25) is 4.79 Å². The summed E-state index contributed by atoms with van der Waals surface area (Å²) in [7, 11) is 0. The van der Waals surface area contributed by atoms with Crippen molar-refractivity contribution in [3.8, 4) is 0 Å². The van der Waals surface area contributed by atoms with Crippen LogP contribution in [0.1, 0.15) is 52.9 Å². The first-order chi connectivity index (χ1) is 6.57. The van der Waals surface area contributed by atoms with Crippen molar-refractivity contribution in [3.05, 3.63) is 0 Å². The lowest BCUT2D eigenvalue weighted by molar-refractivity contribution is -0.121. The first kappa shape index (κ1) is 13.8. The zero-order valence-corrected chi connectivity index (χ0v) is 10.2. The highest BCUT2D eigenvalue weighted by Crippen LogP contribution is 2.05. The number of rotatable bonds is 7. The van der Waals surface area contributed by atoms with E-state index in [1.54, 1.807) is 6.92 Å². The highest BCUT2D eigenvalue weighted by atomic mass is 35.5. The van der Waals surface area contributed by atoms with Crippen LogP contribution in [0.3, 0.4) is 0 Å². The van der Waals surface area contributed by atoms with E-state index in [1.807, 2.05) is 6.92 Å². The molecular formula is C11H22ClNO. The maximum absolute atomic E-state index is 11.2. The molecule has 0 bridgehead atoms. The molecule has 0 heterocycles. The van der Waals surface area contributed by atoms with E-state index in [9.17, 15) is 4.79 Å². The van der Waals surface area contributed by atoms with Gasteiger partial charge in [0.2, 0.25) is 5.91 Å². The highest BCUT2D eigenvalue weighted by molar-refractivity contribution is 6.30. The van der Waals surface area contributed by atoms with Crippen LogP contribution in [0.5, 0.6) is 0 Å². The van der Waals surface area contributed by atoms with Crippen molar-refractivity contribution >= 4 is 17.5 Å². The number of carbonyl (C=O) groups is 1. The third kappa shape index (κ3) is 7.19.